The molecule has 0 amide bonds. The summed E-state index contributed by atoms with van der Waals surface area (Å²) in [6, 6.07) is 11.2. The van der Waals surface area contributed by atoms with E-state index in [-0.39, 0.29) is 0 Å². The second-order valence-corrected chi connectivity index (χ2v) is 5.60. The fourth-order valence-electron chi connectivity index (χ4n) is 3.15. The van der Waals surface area contributed by atoms with Crippen molar-refractivity contribution in [3.05, 3.63) is 58.9 Å². The van der Waals surface area contributed by atoms with Gasteiger partial charge in [-0.25, -0.2) is 0 Å². The van der Waals surface area contributed by atoms with E-state index in [0.717, 1.165) is 12.8 Å². The van der Waals surface area contributed by atoms with Crippen molar-refractivity contribution in [3.63, 3.8) is 0 Å². The number of fused-ring (bicyclic) bond motifs is 1. The van der Waals surface area contributed by atoms with E-state index in [4.69, 9.17) is 0 Å². The zero-order valence-corrected chi connectivity index (χ0v) is 12.3. The van der Waals surface area contributed by atoms with Gasteiger partial charge < -0.3 is 5.32 Å². The van der Waals surface area contributed by atoms with Gasteiger partial charge in [0.15, 0.2) is 0 Å². The van der Waals surface area contributed by atoms with E-state index in [1.54, 1.807) is 0 Å². The molecular weight excluding hydrogens is 244 g/mol. The highest BCUT2D eigenvalue weighted by Gasteiger charge is 2.22. The van der Waals surface area contributed by atoms with Crippen LogP contribution in [0.5, 0.6) is 0 Å². The van der Waals surface area contributed by atoms with Gasteiger partial charge >= 0.3 is 0 Å². The first kappa shape index (κ1) is 13.2. The van der Waals surface area contributed by atoms with E-state index in [1.807, 2.05) is 12.3 Å². The number of benzene rings is 1. The summed E-state index contributed by atoms with van der Waals surface area (Å²) in [4.78, 5) is 4.62. The lowest BCUT2D eigenvalue weighted by atomic mass is 9.91. The topological polar surface area (TPSA) is 24.9 Å². The normalized spacial score (nSPS) is 17.6. The number of pyridine rings is 1. The number of hydrogen-bond acceptors (Lipinski definition) is 2. The molecule has 1 aliphatic carbocycles. The Kier molecular flexibility index (Phi) is 3.72. The van der Waals surface area contributed by atoms with Gasteiger partial charge in [0.2, 0.25) is 0 Å². The van der Waals surface area contributed by atoms with Crippen molar-refractivity contribution >= 4 is 5.69 Å². The van der Waals surface area contributed by atoms with E-state index in [2.05, 4.69) is 48.4 Å². The van der Waals surface area contributed by atoms with Crippen LogP contribution in [0.4, 0.5) is 5.69 Å². The Morgan fingerprint density at radius 3 is 3.00 bits per heavy atom. The maximum Gasteiger partial charge on any atom is 0.0688 e. The average Bonchev–Trinajstić information content (AvgIpc) is 2.49. The summed E-state index contributed by atoms with van der Waals surface area (Å²) in [5.41, 5.74) is 6.67. The van der Waals surface area contributed by atoms with Gasteiger partial charge in [-0.05, 0) is 55.4 Å². The molecule has 1 atom stereocenters. The molecule has 104 valence electrons. The molecule has 1 aromatic heterocycles. The van der Waals surface area contributed by atoms with Gasteiger partial charge in [-0.3, -0.25) is 4.98 Å². The van der Waals surface area contributed by atoms with Gasteiger partial charge in [0.05, 0.1) is 11.7 Å². The van der Waals surface area contributed by atoms with Crippen LogP contribution in [0.25, 0.3) is 0 Å². The number of para-hydroxylation sites is 1. The molecule has 3 rings (SSSR count). The van der Waals surface area contributed by atoms with Crippen LogP contribution in [-0.4, -0.2) is 4.98 Å². The highest BCUT2D eigenvalue weighted by Crippen LogP contribution is 2.33. The van der Waals surface area contributed by atoms with Crippen molar-refractivity contribution in [2.75, 3.05) is 5.32 Å². The number of nitrogens with one attached hydrogen (secondary N) is 1. The van der Waals surface area contributed by atoms with Crippen molar-refractivity contribution in [1.82, 2.24) is 4.98 Å². The fourth-order valence-corrected chi connectivity index (χ4v) is 3.15. The summed E-state index contributed by atoms with van der Waals surface area (Å²) in [5.74, 6) is 0. The molecule has 0 saturated carbocycles. The molecule has 1 N–H and O–H groups in total. The zero-order valence-electron chi connectivity index (χ0n) is 12.3. The molecule has 0 radical (unpaired) electrons. The average molecular weight is 266 g/mol. The molecule has 2 nitrogen and oxygen atoms in total. The lowest BCUT2D eigenvalue weighted by Gasteiger charge is -2.27. The molecule has 1 heterocycles. The summed E-state index contributed by atoms with van der Waals surface area (Å²) >= 11 is 0. The minimum atomic E-state index is 0.353. The Morgan fingerprint density at radius 1 is 1.25 bits per heavy atom. The van der Waals surface area contributed by atoms with Crippen molar-refractivity contribution in [2.24, 2.45) is 0 Å². The highest BCUT2D eigenvalue weighted by atomic mass is 15.0. The quantitative estimate of drug-likeness (QED) is 0.888. The van der Waals surface area contributed by atoms with E-state index in [1.165, 1.54) is 40.9 Å². The highest BCUT2D eigenvalue weighted by molar-refractivity contribution is 5.58. The van der Waals surface area contributed by atoms with Gasteiger partial charge in [0, 0.05) is 11.9 Å². The number of hydrogen-bond donors (Lipinski definition) is 1. The number of rotatable bonds is 3. The number of nitrogens with zero attached hydrogens (tertiary/aromatic N) is 1. The lowest BCUT2D eigenvalue weighted by molar-refractivity contribution is 0.582. The Morgan fingerprint density at radius 2 is 2.15 bits per heavy atom. The van der Waals surface area contributed by atoms with Crippen LogP contribution in [0.15, 0.2) is 36.5 Å². The van der Waals surface area contributed by atoms with Crippen molar-refractivity contribution in [1.29, 1.82) is 0 Å². The van der Waals surface area contributed by atoms with Crippen LogP contribution in [0.2, 0.25) is 0 Å². The predicted octanol–water partition coefficient (Wildman–Crippen LogP) is 4.44. The molecule has 1 aliphatic rings. The Labute approximate surface area is 121 Å². The fraction of sp³-hybridized carbons (Fsp3) is 0.389. The Bertz CT molecular complexity index is 604. The molecular formula is C18H22N2. The Hall–Kier alpha value is -1.83. The summed E-state index contributed by atoms with van der Waals surface area (Å²) < 4.78 is 0. The number of aryl methyl sites for hydroxylation is 3. The van der Waals surface area contributed by atoms with Gasteiger partial charge in [-0.2, -0.15) is 0 Å². The molecule has 0 aliphatic heterocycles. The summed E-state index contributed by atoms with van der Waals surface area (Å²) in [7, 11) is 0. The minimum absolute atomic E-state index is 0.353. The second kappa shape index (κ2) is 5.66. The molecule has 2 aromatic rings. The molecule has 2 heteroatoms. The smallest absolute Gasteiger partial charge is 0.0688 e. The third-order valence-corrected chi connectivity index (χ3v) is 4.25. The van der Waals surface area contributed by atoms with Crippen LogP contribution >= 0.6 is 0 Å². The third kappa shape index (κ3) is 2.43. The van der Waals surface area contributed by atoms with Gasteiger partial charge in [-0.15, -0.1) is 0 Å². The van der Waals surface area contributed by atoms with Gasteiger partial charge in [0.1, 0.15) is 0 Å². The van der Waals surface area contributed by atoms with Crippen LogP contribution < -0.4 is 5.32 Å². The van der Waals surface area contributed by atoms with E-state index in [0.29, 0.717) is 6.04 Å². The number of anilines is 1. The van der Waals surface area contributed by atoms with Gasteiger partial charge in [-0.1, -0.05) is 31.2 Å². The molecule has 1 unspecified atom stereocenters. The summed E-state index contributed by atoms with van der Waals surface area (Å²) in [6.45, 7) is 4.40. The minimum Gasteiger partial charge on any atom is -0.376 e. The van der Waals surface area contributed by atoms with E-state index >= 15 is 0 Å². The largest absolute Gasteiger partial charge is 0.376 e. The number of aromatic nitrogens is 1. The van der Waals surface area contributed by atoms with Crippen molar-refractivity contribution < 1.29 is 0 Å². The Balaban J connectivity index is 1.93. The van der Waals surface area contributed by atoms with E-state index in [9.17, 15) is 0 Å². The van der Waals surface area contributed by atoms with Crippen LogP contribution in [0.3, 0.4) is 0 Å². The van der Waals surface area contributed by atoms with Crippen LogP contribution in [0.1, 0.15) is 48.2 Å². The standard InChI is InChI=1S/C18H22N2/c1-3-14-8-4-7-13(2)17(14)20-16-11-5-9-15-10-6-12-19-18(15)16/h4,6-8,10,12,16,20H,3,5,9,11H2,1-2H3. The third-order valence-electron chi connectivity index (χ3n) is 4.25. The predicted molar refractivity (Wildman–Crippen MR) is 84.1 cm³/mol. The zero-order chi connectivity index (χ0) is 13.9. The molecule has 0 fully saturated rings. The SMILES string of the molecule is CCc1cccc(C)c1NC1CCCc2cccnc21. The molecule has 1 aromatic carbocycles. The molecule has 0 bridgehead atoms. The first-order valence-corrected chi connectivity index (χ1v) is 7.58. The first-order valence-electron chi connectivity index (χ1n) is 7.58. The maximum absolute atomic E-state index is 4.62. The first-order chi connectivity index (χ1) is 9.79. The van der Waals surface area contributed by atoms with Crippen LogP contribution in [0, 0.1) is 6.92 Å². The van der Waals surface area contributed by atoms with Crippen LogP contribution in [-0.2, 0) is 12.8 Å². The second-order valence-electron chi connectivity index (χ2n) is 5.60. The molecule has 20 heavy (non-hydrogen) atoms. The lowest BCUT2D eigenvalue weighted by Crippen LogP contribution is -2.20. The summed E-state index contributed by atoms with van der Waals surface area (Å²) in [6.07, 6.45) is 6.55. The molecule has 0 spiro atoms. The maximum atomic E-state index is 4.62. The van der Waals surface area contributed by atoms with Crippen molar-refractivity contribution in [3.8, 4) is 0 Å². The van der Waals surface area contributed by atoms with Gasteiger partial charge in [0.25, 0.3) is 0 Å². The van der Waals surface area contributed by atoms with Crippen molar-refractivity contribution in [2.45, 2.75) is 45.6 Å². The monoisotopic (exact) mass is 266 g/mol. The van der Waals surface area contributed by atoms with E-state index < -0.39 is 0 Å². The summed E-state index contributed by atoms with van der Waals surface area (Å²) in [5, 5.41) is 3.76. The molecule has 0 saturated heterocycles.